The van der Waals surface area contributed by atoms with Crippen LogP contribution in [0.5, 0.6) is 0 Å². The summed E-state index contributed by atoms with van der Waals surface area (Å²) in [6.07, 6.45) is 3.31. The van der Waals surface area contributed by atoms with E-state index in [0.29, 0.717) is 6.42 Å². The monoisotopic (exact) mass is 402 g/mol. The first-order valence-electron chi connectivity index (χ1n) is 8.36. The summed E-state index contributed by atoms with van der Waals surface area (Å²) >= 11 is 3.43. The first kappa shape index (κ1) is 19.2. The zero-order valence-corrected chi connectivity index (χ0v) is 16.2. The Labute approximate surface area is 157 Å². The van der Waals surface area contributed by atoms with Crippen molar-refractivity contribution in [2.45, 2.75) is 39.5 Å². The first-order valence-corrected chi connectivity index (χ1v) is 9.16. The van der Waals surface area contributed by atoms with E-state index < -0.39 is 0 Å². The van der Waals surface area contributed by atoms with Gasteiger partial charge < -0.3 is 10.6 Å². The lowest BCUT2D eigenvalue weighted by molar-refractivity contribution is -0.116. The van der Waals surface area contributed by atoms with Crippen molar-refractivity contribution >= 4 is 39.1 Å². The van der Waals surface area contributed by atoms with E-state index in [1.165, 1.54) is 12.5 Å². The van der Waals surface area contributed by atoms with Gasteiger partial charge in [-0.15, -0.1) is 0 Å². The molecule has 0 unspecified atom stereocenters. The number of nitrogens with one attached hydrogen (secondary N) is 2. The largest absolute Gasteiger partial charge is 0.326 e. The molecule has 0 atom stereocenters. The molecule has 2 rings (SSSR count). The van der Waals surface area contributed by atoms with Crippen LogP contribution < -0.4 is 10.6 Å². The van der Waals surface area contributed by atoms with Crippen LogP contribution in [0.25, 0.3) is 0 Å². The van der Waals surface area contributed by atoms with Gasteiger partial charge in [0.25, 0.3) is 0 Å². The molecule has 0 radical (unpaired) electrons. The number of halogens is 1. The van der Waals surface area contributed by atoms with Crippen LogP contribution in [0.3, 0.4) is 0 Å². The molecule has 0 spiro atoms. The maximum absolute atomic E-state index is 12.1. The Kier molecular flexibility index (Phi) is 7.19. The van der Waals surface area contributed by atoms with Crippen molar-refractivity contribution in [2.24, 2.45) is 0 Å². The maximum Gasteiger partial charge on any atom is 0.224 e. The van der Waals surface area contributed by atoms with E-state index in [1.807, 2.05) is 25.1 Å². The molecule has 4 nitrogen and oxygen atoms in total. The molecule has 0 saturated heterocycles. The van der Waals surface area contributed by atoms with Gasteiger partial charge in [-0.2, -0.15) is 0 Å². The average molecular weight is 403 g/mol. The molecule has 0 fully saturated rings. The Balaban J connectivity index is 1.75. The van der Waals surface area contributed by atoms with Crippen molar-refractivity contribution in [3.05, 3.63) is 58.1 Å². The van der Waals surface area contributed by atoms with Crippen LogP contribution in [-0.4, -0.2) is 11.8 Å². The SMILES string of the molecule is CC(=O)Nc1ccc(NC(=O)CCCCc2ccc(Br)cc2)cc1C. The van der Waals surface area contributed by atoms with Gasteiger partial charge in [-0.3, -0.25) is 9.59 Å². The van der Waals surface area contributed by atoms with E-state index in [4.69, 9.17) is 0 Å². The van der Waals surface area contributed by atoms with Crippen molar-refractivity contribution in [1.29, 1.82) is 0 Å². The van der Waals surface area contributed by atoms with Gasteiger partial charge in [0.2, 0.25) is 11.8 Å². The van der Waals surface area contributed by atoms with Gasteiger partial charge in [0.1, 0.15) is 0 Å². The molecule has 132 valence electrons. The van der Waals surface area contributed by atoms with Crippen LogP contribution in [0.15, 0.2) is 46.9 Å². The summed E-state index contributed by atoms with van der Waals surface area (Å²) in [5.74, 6) is -0.0897. The molecular formula is C20H23BrN2O2. The second-order valence-electron chi connectivity index (χ2n) is 6.09. The molecule has 5 heteroatoms. The highest BCUT2D eigenvalue weighted by Gasteiger charge is 2.05. The lowest BCUT2D eigenvalue weighted by atomic mass is 10.1. The second kappa shape index (κ2) is 9.37. The van der Waals surface area contributed by atoms with Crippen LogP contribution in [0.1, 0.15) is 37.3 Å². The summed E-state index contributed by atoms with van der Waals surface area (Å²) in [6, 6.07) is 13.8. The van der Waals surface area contributed by atoms with E-state index in [2.05, 4.69) is 38.7 Å². The Morgan fingerprint density at radius 3 is 2.36 bits per heavy atom. The number of hydrogen-bond acceptors (Lipinski definition) is 2. The summed E-state index contributed by atoms with van der Waals surface area (Å²) in [5, 5.41) is 5.67. The van der Waals surface area contributed by atoms with Crippen molar-refractivity contribution in [3.63, 3.8) is 0 Å². The molecule has 0 bridgehead atoms. The highest BCUT2D eigenvalue weighted by molar-refractivity contribution is 9.10. The van der Waals surface area contributed by atoms with Gasteiger partial charge >= 0.3 is 0 Å². The fourth-order valence-corrected chi connectivity index (χ4v) is 2.82. The van der Waals surface area contributed by atoms with E-state index in [1.54, 1.807) is 12.1 Å². The molecule has 0 heterocycles. The minimum absolute atomic E-state index is 0.0162. The second-order valence-corrected chi connectivity index (χ2v) is 7.01. The van der Waals surface area contributed by atoms with Crippen LogP contribution in [-0.2, 0) is 16.0 Å². The maximum atomic E-state index is 12.1. The molecule has 2 amide bonds. The van der Waals surface area contributed by atoms with Gasteiger partial charge in [-0.1, -0.05) is 28.1 Å². The van der Waals surface area contributed by atoms with Crippen molar-refractivity contribution in [2.75, 3.05) is 10.6 Å². The zero-order chi connectivity index (χ0) is 18.2. The van der Waals surface area contributed by atoms with E-state index in [9.17, 15) is 9.59 Å². The average Bonchev–Trinajstić information content (AvgIpc) is 2.55. The molecular weight excluding hydrogens is 380 g/mol. The fraction of sp³-hybridized carbons (Fsp3) is 0.300. The third-order valence-electron chi connectivity index (χ3n) is 3.85. The third kappa shape index (κ3) is 6.70. The highest BCUT2D eigenvalue weighted by Crippen LogP contribution is 2.20. The molecule has 2 N–H and O–H groups in total. The number of carbonyl (C=O) groups is 2. The zero-order valence-electron chi connectivity index (χ0n) is 14.6. The number of unbranched alkanes of at least 4 members (excludes halogenated alkanes) is 1. The molecule has 0 aromatic heterocycles. The van der Waals surface area contributed by atoms with Gasteiger partial charge in [0.15, 0.2) is 0 Å². The number of anilines is 2. The first-order chi connectivity index (χ1) is 11.9. The topological polar surface area (TPSA) is 58.2 Å². The van der Waals surface area contributed by atoms with E-state index in [0.717, 1.165) is 40.7 Å². The Bertz CT molecular complexity index is 742. The van der Waals surface area contributed by atoms with Gasteiger partial charge in [0.05, 0.1) is 0 Å². The molecule has 2 aromatic rings. The minimum Gasteiger partial charge on any atom is -0.326 e. The summed E-state index contributed by atoms with van der Waals surface area (Å²) < 4.78 is 1.08. The normalized spacial score (nSPS) is 10.4. The number of hydrogen-bond donors (Lipinski definition) is 2. The molecule has 0 aliphatic heterocycles. The summed E-state index contributed by atoms with van der Waals surface area (Å²) in [5.41, 5.74) is 3.72. The van der Waals surface area contributed by atoms with E-state index in [-0.39, 0.29) is 11.8 Å². The van der Waals surface area contributed by atoms with Crippen molar-refractivity contribution in [3.8, 4) is 0 Å². The summed E-state index contributed by atoms with van der Waals surface area (Å²) in [4.78, 5) is 23.2. The number of amides is 2. The number of rotatable bonds is 7. The Morgan fingerprint density at radius 1 is 1.00 bits per heavy atom. The van der Waals surface area contributed by atoms with Crippen LogP contribution in [0, 0.1) is 6.92 Å². The molecule has 0 saturated carbocycles. The fourth-order valence-electron chi connectivity index (χ4n) is 2.56. The Hall–Kier alpha value is -2.14. The minimum atomic E-state index is -0.106. The molecule has 2 aromatic carbocycles. The summed E-state index contributed by atoms with van der Waals surface area (Å²) in [7, 11) is 0. The Morgan fingerprint density at radius 2 is 1.72 bits per heavy atom. The predicted molar refractivity (Wildman–Crippen MR) is 106 cm³/mol. The molecule has 25 heavy (non-hydrogen) atoms. The standard InChI is InChI=1S/C20H23BrN2O2/c1-14-13-18(11-12-19(14)22-15(2)24)23-20(25)6-4-3-5-16-7-9-17(21)10-8-16/h7-13H,3-6H2,1-2H3,(H,22,24)(H,23,25). The lowest BCUT2D eigenvalue weighted by Gasteiger charge is -2.10. The van der Waals surface area contributed by atoms with Crippen LogP contribution in [0.2, 0.25) is 0 Å². The number of aryl methyl sites for hydroxylation is 2. The van der Waals surface area contributed by atoms with Crippen LogP contribution >= 0.6 is 15.9 Å². The number of carbonyl (C=O) groups excluding carboxylic acids is 2. The lowest BCUT2D eigenvalue weighted by Crippen LogP contribution is -2.12. The summed E-state index contributed by atoms with van der Waals surface area (Å²) in [6.45, 7) is 3.38. The van der Waals surface area contributed by atoms with Gasteiger partial charge in [-0.05, 0) is 67.6 Å². The van der Waals surface area contributed by atoms with E-state index >= 15 is 0 Å². The third-order valence-corrected chi connectivity index (χ3v) is 4.38. The van der Waals surface area contributed by atoms with Gasteiger partial charge in [-0.25, -0.2) is 0 Å². The molecule has 0 aliphatic carbocycles. The highest BCUT2D eigenvalue weighted by atomic mass is 79.9. The van der Waals surface area contributed by atoms with Crippen molar-refractivity contribution < 1.29 is 9.59 Å². The van der Waals surface area contributed by atoms with Gasteiger partial charge in [0, 0.05) is 29.2 Å². The van der Waals surface area contributed by atoms with Crippen molar-refractivity contribution in [1.82, 2.24) is 0 Å². The smallest absolute Gasteiger partial charge is 0.224 e. The number of benzene rings is 2. The molecule has 0 aliphatic rings. The quantitative estimate of drug-likeness (QED) is 0.635. The van der Waals surface area contributed by atoms with Crippen LogP contribution in [0.4, 0.5) is 11.4 Å². The predicted octanol–water partition coefficient (Wildman–Crippen LogP) is 5.07.